The molecule has 37 heavy (non-hydrogen) atoms. The first kappa shape index (κ1) is 31.1. The summed E-state index contributed by atoms with van der Waals surface area (Å²) in [6.45, 7) is 6.97. The Balaban J connectivity index is 0.000000180. The van der Waals surface area contributed by atoms with Crippen molar-refractivity contribution in [2.45, 2.75) is 139 Å². The van der Waals surface area contributed by atoms with Gasteiger partial charge in [0.1, 0.15) is 0 Å². The van der Waals surface area contributed by atoms with Crippen molar-refractivity contribution in [3.63, 3.8) is 0 Å². The van der Waals surface area contributed by atoms with Gasteiger partial charge >= 0.3 is 5.97 Å². The van der Waals surface area contributed by atoms with Gasteiger partial charge in [-0.1, -0.05) is 88.8 Å². The van der Waals surface area contributed by atoms with E-state index in [-0.39, 0.29) is 5.97 Å². The molecule has 5 rings (SSSR count). The largest absolute Gasteiger partial charge is 0.465 e. The van der Waals surface area contributed by atoms with Crippen molar-refractivity contribution in [3.05, 3.63) is 30.3 Å². The molecular formula is C33H57O2P2+. The van der Waals surface area contributed by atoms with Gasteiger partial charge < -0.3 is 4.74 Å². The number of hydrogen-bond donors (Lipinski definition) is 0. The predicted octanol–water partition coefficient (Wildman–Crippen LogP) is 9.60. The fourth-order valence-corrected chi connectivity index (χ4v) is 12.6. The van der Waals surface area contributed by atoms with E-state index in [1.165, 1.54) is 111 Å². The topological polar surface area (TPSA) is 26.3 Å². The van der Waals surface area contributed by atoms with Gasteiger partial charge in [0.25, 0.3) is 0 Å². The molecule has 0 aromatic heterocycles. The highest BCUT2D eigenvalue weighted by atomic mass is 31.2. The maximum atomic E-state index is 11.0. The minimum absolute atomic E-state index is 0.151. The quantitative estimate of drug-likeness (QED) is 0.262. The van der Waals surface area contributed by atoms with Crippen LogP contribution in [0.5, 0.6) is 0 Å². The summed E-state index contributed by atoms with van der Waals surface area (Å²) in [4.78, 5) is 11.0. The Labute approximate surface area is 232 Å². The van der Waals surface area contributed by atoms with Crippen molar-refractivity contribution in [2.75, 3.05) is 19.9 Å². The molecule has 1 aromatic carbocycles. The average Bonchev–Trinajstić information content (AvgIpc) is 3.66. The first-order valence-electron chi connectivity index (χ1n) is 15.8. The lowest BCUT2D eigenvalue weighted by atomic mass is 10.00. The minimum atomic E-state index is -1.15. The highest BCUT2D eigenvalue weighted by molar-refractivity contribution is 7.82. The molecule has 2 nitrogen and oxygen atoms in total. The van der Waals surface area contributed by atoms with Crippen LogP contribution in [0.3, 0.4) is 0 Å². The lowest BCUT2D eigenvalue weighted by Gasteiger charge is -2.29. The number of hydrogen-bond acceptors (Lipinski definition) is 2. The average molecular weight is 548 g/mol. The van der Waals surface area contributed by atoms with Crippen molar-refractivity contribution in [1.29, 1.82) is 0 Å². The zero-order chi connectivity index (χ0) is 26.3. The van der Waals surface area contributed by atoms with Gasteiger partial charge in [-0.3, -0.25) is 4.79 Å². The Hall–Kier alpha value is -0.450. The molecule has 0 N–H and O–H groups in total. The van der Waals surface area contributed by atoms with Crippen molar-refractivity contribution in [1.82, 2.24) is 0 Å². The first-order chi connectivity index (χ1) is 18.0. The van der Waals surface area contributed by atoms with Gasteiger partial charge in [-0.25, -0.2) is 0 Å². The van der Waals surface area contributed by atoms with Crippen LogP contribution in [0.2, 0.25) is 0 Å². The molecule has 1 aromatic rings. The monoisotopic (exact) mass is 547 g/mol. The van der Waals surface area contributed by atoms with Crippen molar-refractivity contribution >= 4 is 27.1 Å². The van der Waals surface area contributed by atoms with Gasteiger partial charge in [-0.05, 0) is 68.4 Å². The summed E-state index contributed by atoms with van der Waals surface area (Å²) < 4.78 is 5.27. The lowest BCUT2D eigenvalue weighted by Crippen LogP contribution is -2.28. The molecule has 4 aliphatic carbocycles. The zero-order valence-electron chi connectivity index (χ0n) is 24.4. The van der Waals surface area contributed by atoms with E-state index in [0.29, 0.717) is 18.2 Å². The summed E-state index contributed by atoms with van der Waals surface area (Å²) in [7, 11) is 0.181. The molecule has 0 radical (unpaired) electrons. The summed E-state index contributed by atoms with van der Waals surface area (Å²) in [5.74, 6) is 0.397. The standard InChI is InChI=1S/C16H24O2P.C12H23P.C5H10/c1-13(17)18-12-14-8-7-11-16(14)19(2,3)15-9-5-4-6-10-15;1-3-7-11(8-4-1)13-12-9-5-2-6-10-12;1-2-4-5-3-1/h4-6,9-10,14,16H,7-8,11-12H2,1-3H3;11-13H,1-10H2;1-5H2/q+1;;. The summed E-state index contributed by atoms with van der Waals surface area (Å²) in [6, 6.07) is 10.9. The fraction of sp³-hybridized carbons (Fsp3) is 0.788. The van der Waals surface area contributed by atoms with Crippen LogP contribution in [0.4, 0.5) is 0 Å². The van der Waals surface area contributed by atoms with E-state index in [1.54, 1.807) is 25.7 Å². The fourth-order valence-electron chi connectivity index (χ4n) is 7.05. The molecule has 4 heteroatoms. The third-order valence-electron chi connectivity index (χ3n) is 9.30. The molecule has 2 atom stereocenters. The molecule has 4 fully saturated rings. The highest BCUT2D eigenvalue weighted by Crippen LogP contribution is 2.61. The molecular weight excluding hydrogens is 490 g/mol. The van der Waals surface area contributed by atoms with E-state index in [9.17, 15) is 4.79 Å². The normalized spacial score (nSPS) is 24.9. The smallest absolute Gasteiger partial charge is 0.302 e. The molecule has 4 saturated carbocycles. The van der Waals surface area contributed by atoms with E-state index < -0.39 is 7.26 Å². The third-order valence-corrected chi connectivity index (χ3v) is 15.4. The number of carbonyl (C=O) groups excluding carboxylic acids is 1. The Kier molecular flexibility index (Phi) is 14.5. The highest BCUT2D eigenvalue weighted by Gasteiger charge is 2.46. The van der Waals surface area contributed by atoms with Crippen molar-refractivity contribution in [3.8, 4) is 0 Å². The molecule has 0 aliphatic heterocycles. The van der Waals surface area contributed by atoms with Crippen LogP contribution in [0.25, 0.3) is 0 Å². The van der Waals surface area contributed by atoms with Crippen LogP contribution in [0.1, 0.15) is 122 Å². The summed E-state index contributed by atoms with van der Waals surface area (Å²) in [5, 5.41) is 1.50. The van der Waals surface area contributed by atoms with E-state index in [4.69, 9.17) is 4.74 Å². The van der Waals surface area contributed by atoms with Gasteiger partial charge in [0.2, 0.25) is 0 Å². The Bertz CT molecular complexity index is 710. The van der Waals surface area contributed by atoms with E-state index in [0.717, 1.165) is 11.3 Å². The molecule has 0 heterocycles. The first-order valence-corrected chi connectivity index (χ1v) is 19.7. The molecule has 4 aliphatic rings. The number of benzene rings is 1. The minimum Gasteiger partial charge on any atom is -0.465 e. The Morgan fingerprint density at radius 1 is 0.730 bits per heavy atom. The van der Waals surface area contributed by atoms with Crippen molar-refractivity contribution in [2.24, 2.45) is 5.92 Å². The maximum Gasteiger partial charge on any atom is 0.302 e. The molecule has 210 valence electrons. The van der Waals surface area contributed by atoms with Crippen LogP contribution in [0, 0.1) is 5.92 Å². The number of ether oxygens (including phenoxy) is 1. The van der Waals surface area contributed by atoms with Crippen LogP contribution >= 0.6 is 15.8 Å². The summed E-state index contributed by atoms with van der Waals surface area (Å²) >= 11 is 0. The van der Waals surface area contributed by atoms with Gasteiger partial charge in [0, 0.05) is 20.1 Å². The van der Waals surface area contributed by atoms with Crippen LogP contribution in [0.15, 0.2) is 30.3 Å². The van der Waals surface area contributed by atoms with Gasteiger partial charge in [-0.15, -0.1) is 8.58 Å². The Morgan fingerprint density at radius 3 is 1.70 bits per heavy atom. The summed E-state index contributed by atoms with van der Waals surface area (Å²) in [5.41, 5.74) is 3.00. The molecule has 0 saturated heterocycles. The molecule has 0 bridgehead atoms. The van der Waals surface area contributed by atoms with E-state index in [2.05, 4.69) is 43.7 Å². The lowest BCUT2D eigenvalue weighted by molar-refractivity contribution is -0.142. The second kappa shape index (κ2) is 17.3. The second-order valence-electron chi connectivity index (χ2n) is 12.5. The Morgan fingerprint density at radius 2 is 1.22 bits per heavy atom. The van der Waals surface area contributed by atoms with Gasteiger partial charge in [-0.2, -0.15) is 0 Å². The number of carbonyl (C=O) groups is 1. The van der Waals surface area contributed by atoms with Crippen molar-refractivity contribution < 1.29 is 9.53 Å². The molecule has 2 unspecified atom stereocenters. The van der Waals surface area contributed by atoms with Crippen LogP contribution in [-0.4, -0.2) is 42.9 Å². The van der Waals surface area contributed by atoms with E-state index >= 15 is 0 Å². The molecule has 0 spiro atoms. The maximum absolute atomic E-state index is 11.0. The third kappa shape index (κ3) is 11.3. The van der Waals surface area contributed by atoms with Gasteiger partial charge in [0.05, 0.1) is 30.9 Å². The number of rotatable bonds is 6. The second-order valence-corrected chi connectivity index (χ2v) is 18.8. The zero-order valence-corrected chi connectivity index (χ0v) is 26.3. The number of esters is 1. The predicted molar refractivity (Wildman–Crippen MR) is 168 cm³/mol. The SMILES string of the molecule is C1CCC(PC2CCCCC2)CC1.C1CCCC1.CC(=O)OCC1CCCC1[P+](C)(C)c1ccccc1. The summed E-state index contributed by atoms with van der Waals surface area (Å²) in [6.07, 6.45) is 26.7. The van der Waals surface area contributed by atoms with Gasteiger partial charge in [0.15, 0.2) is 0 Å². The van der Waals surface area contributed by atoms with Crippen LogP contribution < -0.4 is 5.30 Å². The van der Waals surface area contributed by atoms with E-state index in [1.807, 2.05) is 0 Å². The van der Waals surface area contributed by atoms with Crippen LogP contribution in [-0.2, 0) is 9.53 Å². The molecule has 0 amide bonds.